The lowest BCUT2D eigenvalue weighted by Gasteiger charge is -2.46. The standard InChI is InChI=1S/C17H26N2/c1-18-13-15-8-3-5-11-17(15)19-12-6-9-14-7-2-4-10-16(14)19/h3,5,8,11,14,16,18H,2,4,6-7,9-10,12-13H2,1H3. The number of para-hydroxylation sites is 1. The van der Waals surface area contributed by atoms with Gasteiger partial charge in [0.2, 0.25) is 0 Å². The van der Waals surface area contributed by atoms with Crippen molar-refractivity contribution in [3.63, 3.8) is 0 Å². The number of piperidine rings is 1. The first-order valence-corrected chi connectivity index (χ1v) is 7.89. The zero-order valence-electron chi connectivity index (χ0n) is 12.1. The van der Waals surface area contributed by atoms with Crippen LogP contribution in [-0.4, -0.2) is 19.6 Å². The fourth-order valence-electron chi connectivity index (χ4n) is 4.05. The van der Waals surface area contributed by atoms with Gasteiger partial charge in [-0.05, 0) is 50.3 Å². The smallest absolute Gasteiger partial charge is 0.0414 e. The highest BCUT2D eigenvalue weighted by Gasteiger charge is 2.33. The Morgan fingerprint density at radius 3 is 2.79 bits per heavy atom. The average molecular weight is 258 g/mol. The Bertz CT molecular complexity index is 413. The summed E-state index contributed by atoms with van der Waals surface area (Å²) in [6, 6.07) is 9.77. The van der Waals surface area contributed by atoms with Crippen molar-refractivity contribution in [2.75, 3.05) is 18.5 Å². The maximum absolute atomic E-state index is 3.31. The molecule has 19 heavy (non-hydrogen) atoms. The molecule has 2 atom stereocenters. The van der Waals surface area contributed by atoms with Gasteiger partial charge in [-0.15, -0.1) is 0 Å². The fourth-order valence-corrected chi connectivity index (χ4v) is 4.05. The molecule has 0 aromatic heterocycles. The van der Waals surface area contributed by atoms with E-state index in [-0.39, 0.29) is 0 Å². The Hall–Kier alpha value is -1.02. The molecular formula is C17H26N2. The second kappa shape index (κ2) is 5.96. The third kappa shape index (κ3) is 2.64. The number of fused-ring (bicyclic) bond motifs is 1. The van der Waals surface area contributed by atoms with Crippen LogP contribution in [0.15, 0.2) is 24.3 Å². The minimum atomic E-state index is 0.806. The van der Waals surface area contributed by atoms with E-state index in [2.05, 4.69) is 34.5 Å². The molecule has 1 aliphatic carbocycles. The number of rotatable bonds is 3. The first-order chi connectivity index (χ1) is 9.40. The minimum absolute atomic E-state index is 0.806. The van der Waals surface area contributed by atoms with Crippen LogP contribution >= 0.6 is 0 Å². The van der Waals surface area contributed by atoms with E-state index in [1.54, 1.807) is 0 Å². The summed E-state index contributed by atoms with van der Waals surface area (Å²) in [5, 5.41) is 3.31. The molecule has 1 heterocycles. The predicted octanol–water partition coefficient (Wildman–Crippen LogP) is 3.57. The predicted molar refractivity (Wildman–Crippen MR) is 81.5 cm³/mol. The third-order valence-electron chi connectivity index (χ3n) is 4.91. The quantitative estimate of drug-likeness (QED) is 0.891. The van der Waals surface area contributed by atoms with E-state index >= 15 is 0 Å². The van der Waals surface area contributed by atoms with E-state index in [0.717, 1.165) is 18.5 Å². The molecule has 0 amide bonds. The first-order valence-electron chi connectivity index (χ1n) is 7.89. The van der Waals surface area contributed by atoms with Crippen molar-refractivity contribution in [1.29, 1.82) is 0 Å². The Morgan fingerprint density at radius 2 is 1.89 bits per heavy atom. The zero-order valence-corrected chi connectivity index (χ0v) is 12.1. The van der Waals surface area contributed by atoms with Gasteiger partial charge in [-0.25, -0.2) is 0 Å². The van der Waals surface area contributed by atoms with Crippen molar-refractivity contribution in [3.05, 3.63) is 29.8 Å². The van der Waals surface area contributed by atoms with Gasteiger partial charge in [0.1, 0.15) is 0 Å². The van der Waals surface area contributed by atoms with Crippen molar-refractivity contribution < 1.29 is 0 Å². The number of nitrogens with zero attached hydrogens (tertiary/aromatic N) is 1. The van der Waals surface area contributed by atoms with Crippen LogP contribution in [0.5, 0.6) is 0 Å². The second-order valence-corrected chi connectivity index (χ2v) is 6.11. The van der Waals surface area contributed by atoms with Crippen LogP contribution in [-0.2, 0) is 6.54 Å². The van der Waals surface area contributed by atoms with Crippen molar-refractivity contribution in [2.24, 2.45) is 5.92 Å². The highest BCUT2D eigenvalue weighted by Crippen LogP contribution is 2.38. The van der Waals surface area contributed by atoms with Crippen LogP contribution < -0.4 is 10.2 Å². The molecular weight excluding hydrogens is 232 g/mol. The SMILES string of the molecule is CNCc1ccccc1N1CCCC2CCCCC21. The Kier molecular flexibility index (Phi) is 4.07. The first kappa shape index (κ1) is 13.0. The van der Waals surface area contributed by atoms with Gasteiger partial charge in [-0.3, -0.25) is 0 Å². The molecule has 0 spiro atoms. The van der Waals surface area contributed by atoms with Gasteiger partial charge in [0, 0.05) is 24.8 Å². The van der Waals surface area contributed by atoms with Crippen molar-refractivity contribution >= 4 is 5.69 Å². The van der Waals surface area contributed by atoms with Gasteiger partial charge >= 0.3 is 0 Å². The van der Waals surface area contributed by atoms with Crippen LogP contribution in [0.25, 0.3) is 0 Å². The van der Waals surface area contributed by atoms with E-state index in [4.69, 9.17) is 0 Å². The van der Waals surface area contributed by atoms with E-state index < -0.39 is 0 Å². The number of hydrogen-bond donors (Lipinski definition) is 1. The largest absolute Gasteiger partial charge is 0.368 e. The fraction of sp³-hybridized carbons (Fsp3) is 0.647. The summed E-state index contributed by atoms with van der Waals surface area (Å²) < 4.78 is 0. The molecule has 2 aliphatic rings. The van der Waals surface area contributed by atoms with Gasteiger partial charge in [0.15, 0.2) is 0 Å². The van der Waals surface area contributed by atoms with Gasteiger partial charge in [0.25, 0.3) is 0 Å². The molecule has 1 N–H and O–H groups in total. The van der Waals surface area contributed by atoms with Crippen LogP contribution in [0, 0.1) is 5.92 Å². The normalized spacial score (nSPS) is 27.1. The van der Waals surface area contributed by atoms with E-state index in [9.17, 15) is 0 Å². The van der Waals surface area contributed by atoms with Gasteiger partial charge in [0.05, 0.1) is 0 Å². The monoisotopic (exact) mass is 258 g/mol. The molecule has 2 nitrogen and oxygen atoms in total. The molecule has 1 saturated carbocycles. The number of anilines is 1. The van der Waals surface area contributed by atoms with Gasteiger partial charge in [-0.2, -0.15) is 0 Å². The molecule has 1 saturated heterocycles. The Labute approximate surface area is 117 Å². The third-order valence-corrected chi connectivity index (χ3v) is 4.91. The lowest BCUT2D eigenvalue weighted by molar-refractivity contribution is 0.243. The highest BCUT2D eigenvalue weighted by molar-refractivity contribution is 5.55. The maximum Gasteiger partial charge on any atom is 0.0414 e. The van der Waals surface area contributed by atoms with Crippen molar-refractivity contribution in [2.45, 2.75) is 51.1 Å². The molecule has 2 fully saturated rings. The molecule has 2 heteroatoms. The van der Waals surface area contributed by atoms with Crippen molar-refractivity contribution in [1.82, 2.24) is 5.32 Å². The van der Waals surface area contributed by atoms with E-state index in [1.165, 1.54) is 56.3 Å². The van der Waals surface area contributed by atoms with E-state index in [0.29, 0.717) is 0 Å². The summed E-state index contributed by atoms with van der Waals surface area (Å²) in [4.78, 5) is 2.72. The Balaban J connectivity index is 1.87. The van der Waals surface area contributed by atoms with Crippen LogP contribution in [0.2, 0.25) is 0 Å². The summed E-state index contributed by atoms with van der Waals surface area (Å²) in [7, 11) is 2.04. The lowest BCUT2D eigenvalue weighted by atomic mass is 9.78. The zero-order chi connectivity index (χ0) is 13.1. The molecule has 3 rings (SSSR count). The lowest BCUT2D eigenvalue weighted by Crippen LogP contribution is -2.47. The molecule has 1 aromatic rings. The summed E-state index contributed by atoms with van der Waals surface area (Å²) in [6.07, 6.45) is 8.55. The molecule has 0 bridgehead atoms. The number of benzene rings is 1. The number of nitrogens with one attached hydrogen (secondary N) is 1. The molecule has 1 aromatic carbocycles. The van der Waals surface area contributed by atoms with Crippen molar-refractivity contribution in [3.8, 4) is 0 Å². The summed E-state index contributed by atoms with van der Waals surface area (Å²) in [5.41, 5.74) is 2.93. The maximum atomic E-state index is 3.31. The van der Waals surface area contributed by atoms with Gasteiger partial charge in [-0.1, -0.05) is 31.0 Å². The summed E-state index contributed by atoms with van der Waals surface area (Å²) in [6.45, 7) is 2.23. The Morgan fingerprint density at radius 1 is 1.11 bits per heavy atom. The molecule has 1 aliphatic heterocycles. The highest BCUT2D eigenvalue weighted by atomic mass is 15.2. The second-order valence-electron chi connectivity index (χ2n) is 6.11. The van der Waals surface area contributed by atoms with Crippen LogP contribution in [0.4, 0.5) is 5.69 Å². The van der Waals surface area contributed by atoms with E-state index in [1.807, 2.05) is 7.05 Å². The summed E-state index contributed by atoms with van der Waals surface area (Å²) in [5.74, 6) is 0.949. The average Bonchev–Trinajstić information content (AvgIpc) is 2.48. The molecule has 104 valence electrons. The van der Waals surface area contributed by atoms with Gasteiger partial charge < -0.3 is 10.2 Å². The van der Waals surface area contributed by atoms with Crippen LogP contribution in [0.1, 0.15) is 44.1 Å². The minimum Gasteiger partial charge on any atom is -0.368 e. The molecule has 0 radical (unpaired) electrons. The number of hydrogen-bond acceptors (Lipinski definition) is 2. The molecule has 2 unspecified atom stereocenters. The summed E-state index contributed by atoms with van der Waals surface area (Å²) >= 11 is 0. The van der Waals surface area contributed by atoms with Crippen LogP contribution in [0.3, 0.4) is 0 Å². The topological polar surface area (TPSA) is 15.3 Å².